The van der Waals surface area contributed by atoms with E-state index in [1.807, 2.05) is 13.8 Å². The zero-order valence-electron chi connectivity index (χ0n) is 10.5. The second-order valence-electron chi connectivity index (χ2n) is 4.50. The lowest BCUT2D eigenvalue weighted by molar-refractivity contribution is 0.0914. The molecule has 0 aromatic heterocycles. The summed E-state index contributed by atoms with van der Waals surface area (Å²) in [5.41, 5.74) is 0.238. The first-order valence-corrected chi connectivity index (χ1v) is 6.65. The van der Waals surface area contributed by atoms with Crippen LogP contribution in [0.25, 0.3) is 0 Å². The number of rotatable bonds is 5. The molecule has 0 saturated carbocycles. The van der Waals surface area contributed by atoms with Crippen LogP contribution < -0.4 is 5.32 Å². The van der Waals surface area contributed by atoms with Crippen molar-refractivity contribution in [2.24, 2.45) is 5.92 Å². The van der Waals surface area contributed by atoms with Crippen molar-refractivity contribution in [3.05, 3.63) is 28.2 Å². The van der Waals surface area contributed by atoms with Gasteiger partial charge >= 0.3 is 0 Å². The van der Waals surface area contributed by atoms with Crippen LogP contribution in [0, 0.1) is 5.92 Å². The first kappa shape index (κ1) is 15.0. The summed E-state index contributed by atoms with van der Waals surface area (Å²) < 4.78 is 0.715. The van der Waals surface area contributed by atoms with E-state index in [2.05, 4.69) is 21.2 Å². The topological polar surface area (TPSA) is 69.6 Å². The Morgan fingerprint density at radius 3 is 2.61 bits per heavy atom. The minimum Gasteiger partial charge on any atom is -0.507 e. The van der Waals surface area contributed by atoms with Gasteiger partial charge in [-0.1, -0.05) is 29.8 Å². The van der Waals surface area contributed by atoms with E-state index in [-0.39, 0.29) is 35.8 Å². The molecule has 0 aliphatic rings. The minimum absolute atomic E-state index is 0.0233. The number of carbonyl (C=O) groups is 1. The molecule has 0 bridgehead atoms. The van der Waals surface area contributed by atoms with Crippen molar-refractivity contribution in [3.63, 3.8) is 0 Å². The molecule has 0 saturated heterocycles. The molecule has 0 radical (unpaired) electrons. The van der Waals surface area contributed by atoms with Crippen LogP contribution in [-0.4, -0.2) is 28.8 Å². The number of carbonyl (C=O) groups excluding carboxylic acids is 1. The second-order valence-corrected chi connectivity index (χ2v) is 5.41. The molecule has 1 aromatic carbocycles. The second kappa shape index (κ2) is 6.75. The van der Waals surface area contributed by atoms with Crippen LogP contribution in [0.3, 0.4) is 0 Å². The van der Waals surface area contributed by atoms with Crippen molar-refractivity contribution in [2.45, 2.75) is 26.3 Å². The average molecular weight is 316 g/mol. The van der Waals surface area contributed by atoms with E-state index in [0.29, 0.717) is 10.9 Å². The van der Waals surface area contributed by atoms with Crippen LogP contribution in [-0.2, 0) is 0 Å². The molecule has 4 nitrogen and oxygen atoms in total. The van der Waals surface area contributed by atoms with Crippen LogP contribution in [0.4, 0.5) is 0 Å². The van der Waals surface area contributed by atoms with Crippen LogP contribution in [0.1, 0.15) is 30.6 Å². The molecule has 3 N–H and O–H groups in total. The number of hydrogen-bond donors (Lipinski definition) is 3. The van der Waals surface area contributed by atoms with Crippen molar-refractivity contribution in [1.82, 2.24) is 5.32 Å². The Morgan fingerprint density at radius 1 is 1.44 bits per heavy atom. The number of nitrogens with one attached hydrogen (secondary N) is 1. The van der Waals surface area contributed by atoms with Crippen LogP contribution >= 0.6 is 15.9 Å². The van der Waals surface area contributed by atoms with Gasteiger partial charge in [-0.3, -0.25) is 4.79 Å². The molecule has 0 aliphatic heterocycles. The third-order valence-corrected chi connectivity index (χ3v) is 3.26. The number of halogens is 1. The van der Waals surface area contributed by atoms with E-state index in [9.17, 15) is 9.90 Å². The first-order chi connectivity index (χ1) is 8.45. The zero-order chi connectivity index (χ0) is 13.7. The lowest BCUT2D eigenvalue weighted by Crippen LogP contribution is -2.39. The van der Waals surface area contributed by atoms with Crippen molar-refractivity contribution in [3.8, 4) is 5.75 Å². The van der Waals surface area contributed by atoms with Crippen LogP contribution in [0.5, 0.6) is 5.75 Å². The van der Waals surface area contributed by atoms with Gasteiger partial charge in [-0.05, 0) is 30.5 Å². The van der Waals surface area contributed by atoms with Gasteiger partial charge in [0, 0.05) is 17.1 Å². The highest BCUT2D eigenvalue weighted by atomic mass is 79.9. The summed E-state index contributed by atoms with van der Waals surface area (Å²) in [6.07, 6.45) is 0.501. The number of aliphatic hydroxyl groups is 1. The van der Waals surface area contributed by atoms with E-state index in [1.165, 1.54) is 6.07 Å². The predicted molar refractivity (Wildman–Crippen MR) is 73.6 cm³/mol. The number of aliphatic hydroxyl groups excluding tert-OH is 1. The van der Waals surface area contributed by atoms with Gasteiger partial charge in [0.1, 0.15) is 5.75 Å². The van der Waals surface area contributed by atoms with E-state index in [0.717, 1.165) is 0 Å². The Bertz CT molecular complexity index is 421. The van der Waals surface area contributed by atoms with E-state index in [1.54, 1.807) is 12.1 Å². The summed E-state index contributed by atoms with van der Waals surface area (Å²) in [4.78, 5) is 12.0. The van der Waals surface area contributed by atoms with Crippen molar-refractivity contribution >= 4 is 21.8 Å². The van der Waals surface area contributed by atoms with Gasteiger partial charge in [0.2, 0.25) is 0 Å². The minimum atomic E-state index is -0.327. The molecule has 1 rings (SSSR count). The van der Waals surface area contributed by atoms with E-state index in [4.69, 9.17) is 5.11 Å². The summed E-state index contributed by atoms with van der Waals surface area (Å²) >= 11 is 3.22. The summed E-state index contributed by atoms with van der Waals surface area (Å²) in [6, 6.07) is 4.63. The summed E-state index contributed by atoms with van der Waals surface area (Å²) in [5.74, 6) is -0.167. The SMILES string of the molecule is CC(C)C(CCO)NC(=O)c1ccc(Br)cc1O. The Morgan fingerprint density at radius 2 is 2.11 bits per heavy atom. The first-order valence-electron chi connectivity index (χ1n) is 5.86. The Kier molecular flexibility index (Phi) is 5.62. The lowest BCUT2D eigenvalue weighted by Gasteiger charge is -2.21. The quantitative estimate of drug-likeness (QED) is 0.781. The molecule has 1 amide bonds. The molecule has 1 aromatic rings. The molecule has 0 heterocycles. The highest BCUT2D eigenvalue weighted by molar-refractivity contribution is 9.10. The number of aromatic hydroxyl groups is 1. The Balaban J connectivity index is 2.80. The predicted octanol–water partition coefficient (Wildman–Crippen LogP) is 2.29. The molecule has 0 aliphatic carbocycles. The largest absolute Gasteiger partial charge is 0.507 e. The molecule has 100 valence electrons. The molecule has 0 spiro atoms. The smallest absolute Gasteiger partial charge is 0.255 e. The highest BCUT2D eigenvalue weighted by Crippen LogP contribution is 2.22. The maximum Gasteiger partial charge on any atom is 0.255 e. The number of hydrogen-bond acceptors (Lipinski definition) is 3. The molecule has 1 unspecified atom stereocenters. The van der Waals surface area contributed by atoms with Crippen LogP contribution in [0.2, 0.25) is 0 Å². The van der Waals surface area contributed by atoms with Gasteiger partial charge in [-0.2, -0.15) is 0 Å². The van der Waals surface area contributed by atoms with Crippen LogP contribution in [0.15, 0.2) is 22.7 Å². The summed E-state index contributed by atoms with van der Waals surface area (Å²) in [5, 5.41) is 21.5. The maximum atomic E-state index is 12.0. The van der Waals surface area contributed by atoms with E-state index < -0.39 is 0 Å². The fourth-order valence-corrected chi connectivity index (χ4v) is 2.00. The number of benzene rings is 1. The fourth-order valence-electron chi connectivity index (χ4n) is 1.65. The van der Waals surface area contributed by atoms with Gasteiger partial charge in [0.05, 0.1) is 5.56 Å². The molecule has 18 heavy (non-hydrogen) atoms. The molecule has 0 fully saturated rings. The van der Waals surface area contributed by atoms with Gasteiger partial charge in [0.15, 0.2) is 0 Å². The number of phenols is 1. The Labute approximate surface area is 115 Å². The Hall–Kier alpha value is -1.07. The van der Waals surface area contributed by atoms with Crippen molar-refractivity contribution in [2.75, 3.05) is 6.61 Å². The van der Waals surface area contributed by atoms with Gasteiger partial charge < -0.3 is 15.5 Å². The summed E-state index contributed by atoms with van der Waals surface area (Å²) in [7, 11) is 0. The number of phenolic OH excluding ortho intramolecular Hbond substituents is 1. The molecular formula is C13H18BrNO3. The zero-order valence-corrected chi connectivity index (χ0v) is 12.1. The normalized spacial score (nSPS) is 12.5. The van der Waals surface area contributed by atoms with Gasteiger partial charge in [0.25, 0.3) is 5.91 Å². The lowest BCUT2D eigenvalue weighted by atomic mass is 10.0. The highest BCUT2D eigenvalue weighted by Gasteiger charge is 2.18. The number of amides is 1. The van der Waals surface area contributed by atoms with Crippen molar-refractivity contribution < 1.29 is 15.0 Å². The average Bonchev–Trinajstić information content (AvgIpc) is 2.27. The van der Waals surface area contributed by atoms with E-state index >= 15 is 0 Å². The molecule has 5 heteroatoms. The van der Waals surface area contributed by atoms with Gasteiger partial charge in [-0.25, -0.2) is 0 Å². The van der Waals surface area contributed by atoms with Crippen molar-refractivity contribution in [1.29, 1.82) is 0 Å². The monoisotopic (exact) mass is 315 g/mol. The third-order valence-electron chi connectivity index (χ3n) is 2.77. The fraction of sp³-hybridized carbons (Fsp3) is 0.462. The molecular weight excluding hydrogens is 298 g/mol. The third kappa shape index (κ3) is 3.99. The standard InChI is InChI=1S/C13H18BrNO3/c1-8(2)11(5-6-16)15-13(18)10-4-3-9(14)7-12(10)17/h3-4,7-8,11,16-17H,5-6H2,1-2H3,(H,15,18). The molecule has 1 atom stereocenters. The van der Waals surface area contributed by atoms with Gasteiger partial charge in [-0.15, -0.1) is 0 Å². The summed E-state index contributed by atoms with van der Waals surface area (Å²) in [6.45, 7) is 3.97. The maximum absolute atomic E-state index is 12.0.